The summed E-state index contributed by atoms with van der Waals surface area (Å²) in [4.78, 5) is 15.4. The molecule has 0 bridgehead atoms. The Bertz CT molecular complexity index is 846. The highest BCUT2D eigenvalue weighted by atomic mass is 16.3. The van der Waals surface area contributed by atoms with Crippen molar-refractivity contribution in [2.24, 2.45) is 11.8 Å². The minimum Gasteiger partial charge on any atom is -0.390 e. The zero-order valence-electron chi connectivity index (χ0n) is 16.3. The van der Waals surface area contributed by atoms with E-state index in [0.29, 0.717) is 12.5 Å². The molecule has 2 aliphatic rings. The van der Waals surface area contributed by atoms with E-state index in [9.17, 15) is 9.90 Å². The van der Waals surface area contributed by atoms with Crippen molar-refractivity contribution in [3.05, 3.63) is 59.7 Å². The van der Waals surface area contributed by atoms with Gasteiger partial charge in [0.15, 0.2) is 0 Å². The molecule has 1 N–H and O–H groups in total. The Hall–Kier alpha value is -2.13. The fraction of sp³-hybridized carbons (Fsp3) is 0.458. The molecule has 3 heteroatoms. The second kappa shape index (κ2) is 7.12. The lowest BCUT2D eigenvalue weighted by atomic mass is 9.69. The molecule has 1 aliphatic heterocycles. The number of carbonyl (C=O) groups is 1. The van der Waals surface area contributed by atoms with E-state index in [0.717, 1.165) is 48.9 Å². The standard InChI is InChI=1S/C24H29NO2/c1-3-24(27)14-8-10-18-15-25(16-22(18)24)23(26)21-13-7-6-12-20(21)19-11-5-4-9-17(19)2/h4-7,9,11-13,18,22,27H,3,8,10,14-16H2,1-2H3/t18-,22+,24-/m0/s1. The SMILES string of the molecule is CC[C@]1(O)CCC[C@H]2CN(C(=O)c3ccccc3-c3ccccc3C)C[C@H]21. The van der Waals surface area contributed by atoms with Crippen LogP contribution in [0.15, 0.2) is 48.5 Å². The van der Waals surface area contributed by atoms with Crippen molar-refractivity contribution in [2.75, 3.05) is 13.1 Å². The number of aliphatic hydroxyl groups is 1. The summed E-state index contributed by atoms with van der Waals surface area (Å²) >= 11 is 0. The lowest BCUT2D eigenvalue weighted by Gasteiger charge is -2.40. The van der Waals surface area contributed by atoms with E-state index in [1.54, 1.807) is 0 Å². The topological polar surface area (TPSA) is 40.5 Å². The molecule has 2 aromatic carbocycles. The number of hydrogen-bond acceptors (Lipinski definition) is 2. The summed E-state index contributed by atoms with van der Waals surface area (Å²) in [5, 5.41) is 11.1. The van der Waals surface area contributed by atoms with Crippen LogP contribution in [0.1, 0.15) is 48.5 Å². The van der Waals surface area contributed by atoms with Gasteiger partial charge < -0.3 is 10.0 Å². The summed E-state index contributed by atoms with van der Waals surface area (Å²) in [6.07, 6.45) is 3.83. The first-order valence-electron chi connectivity index (χ1n) is 10.2. The monoisotopic (exact) mass is 363 g/mol. The van der Waals surface area contributed by atoms with E-state index in [1.165, 1.54) is 5.56 Å². The van der Waals surface area contributed by atoms with Gasteiger partial charge in [-0.2, -0.15) is 0 Å². The van der Waals surface area contributed by atoms with Gasteiger partial charge >= 0.3 is 0 Å². The van der Waals surface area contributed by atoms with E-state index in [4.69, 9.17) is 0 Å². The number of carbonyl (C=O) groups excluding carboxylic acids is 1. The molecule has 3 atom stereocenters. The van der Waals surface area contributed by atoms with Gasteiger partial charge in [0.1, 0.15) is 0 Å². The molecule has 0 unspecified atom stereocenters. The average molecular weight is 364 g/mol. The number of aryl methyl sites for hydroxylation is 1. The van der Waals surface area contributed by atoms with Gasteiger partial charge in [0.05, 0.1) is 5.60 Å². The summed E-state index contributed by atoms with van der Waals surface area (Å²) < 4.78 is 0. The van der Waals surface area contributed by atoms with Crippen LogP contribution < -0.4 is 0 Å². The number of nitrogens with zero attached hydrogens (tertiary/aromatic N) is 1. The van der Waals surface area contributed by atoms with E-state index in [1.807, 2.05) is 41.3 Å². The van der Waals surface area contributed by atoms with Gasteiger partial charge in [-0.3, -0.25) is 4.79 Å². The number of rotatable bonds is 3. The summed E-state index contributed by atoms with van der Waals surface area (Å²) in [5.74, 6) is 0.741. The maximum atomic E-state index is 13.4. The first-order chi connectivity index (χ1) is 13.0. The van der Waals surface area contributed by atoms with Gasteiger partial charge in [0, 0.05) is 24.6 Å². The Morgan fingerprint density at radius 2 is 1.81 bits per heavy atom. The zero-order valence-corrected chi connectivity index (χ0v) is 16.3. The number of fused-ring (bicyclic) bond motifs is 1. The molecule has 142 valence electrons. The Morgan fingerprint density at radius 1 is 1.11 bits per heavy atom. The van der Waals surface area contributed by atoms with Gasteiger partial charge in [-0.1, -0.05) is 55.8 Å². The predicted molar refractivity (Wildman–Crippen MR) is 109 cm³/mol. The van der Waals surface area contributed by atoms with Crippen molar-refractivity contribution in [3.8, 4) is 11.1 Å². The van der Waals surface area contributed by atoms with Crippen LogP contribution in [-0.4, -0.2) is 34.6 Å². The van der Waals surface area contributed by atoms with Crippen molar-refractivity contribution < 1.29 is 9.90 Å². The van der Waals surface area contributed by atoms with Crippen molar-refractivity contribution >= 4 is 5.91 Å². The first kappa shape index (κ1) is 18.2. The maximum absolute atomic E-state index is 13.4. The molecule has 2 aromatic rings. The van der Waals surface area contributed by atoms with Gasteiger partial charge in [-0.15, -0.1) is 0 Å². The molecule has 4 rings (SSSR count). The van der Waals surface area contributed by atoms with Crippen molar-refractivity contribution in [3.63, 3.8) is 0 Å². The lowest BCUT2D eigenvalue weighted by molar-refractivity contribution is -0.0609. The molecule has 1 aliphatic carbocycles. The molecular weight excluding hydrogens is 334 g/mol. The molecule has 1 amide bonds. The summed E-state index contributed by atoms with van der Waals surface area (Å²) in [5.41, 5.74) is 3.45. The maximum Gasteiger partial charge on any atom is 0.254 e. The summed E-state index contributed by atoms with van der Waals surface area (Å²) in [7, 11) is 0. The fourth-order valence-electron chi connectivity index (χ4n) is 5.18. The molecule has 3 nitrogen and oxygen atoms in total. The highest BCUT2D eigenvalue weighted by Crippen LogP contribution is 2.44. The molecule has 2 fully saturated rings. The van der Waals surface area contributed by atoms with Crippen LogP contribution in [0.5, 0.6) is 0 Å². The number of hydrogen-bond donors (Lipinski definition) is 1. The molecule has 1 heterocycles. The number of benzene rings is 2. The van der Waals surface area contributed by atoms with Gasteiger partial charge in [-0.25, -0.2) is 0 Å². The van der Waals surface area contributed by atoms with Crippen LogP contribution in [0.3, 0.4) is 0 Å². The van der Waals surface area contributed by atoms with E-state index < -0.39 is 5.60 Å². The lowest BCUT2D eigenvalue weighted by Crippen LogP contribution is -2.44. The van der Waals surface area contributed by atoms with Crippen LogP contribution in [0, 0.1) is 18.8 Å². The average Bonchev–Trinajstić information content (AvgIpc) is 3.14. The highest BCUT2D eigenvalue weighted by molar-refractivity contribution is 6.01. The van der Waals surface area contributed by atoms with Gasteiger partial charge in [0.2, 0.25) is 0 Å². The van der Waals surface area contributed by atoms with Crippen molar-refractivity contribution in [1.29, 1.82) is 0 Å². The second-order valence-electron chi connectivity index (χ2n) is 8.29. The van der Waals surface area contributed by atoms with Crippen LogP contribution in [0.2, 0.25) is 0 Å². The Labute approximate surface area is 162 Å². The molecular formula is C24H29NO2. The Kier molecular flexibility index (Phi) is 4.81. The minimum absolute atomic E-state index is 0.0988. The third-order valence-electron chi connectivity index (χ3n) is 6.81. The van der Waals surface area contributed by atoms with Crippen LogP contribution in [0.25, 0.3) is 11.1 Å². The fourth-order valence-corrected chi connectivity index (χ4v) is 5.18. The molecule has 0 spiro atoms. The largest absolute Gasteiger partial charge is 0.390 e. The molecule has 1 saturated carbocycles. The van der Waals surface area contributed by atoms with E-state index in [2.05, 4.69) is 26.0 Å². The Morgan fingerprint density at radius 3 is 2.56 bits per heavy atom. The van der Waals surface area contributed by atoms with Crippen LogP contribution in [-0.2, 0) is 0 Å². The number of amides is 1. The second-order valence-corrected chi connectivity index (χ2v) is 8.29. The van der Waals surface area contributed by atoms with Crippen molar-refractivity contribution in [1.82, 2.24) is 4.90 Å². The minimum atomic E-state index is -0.604. The normalized spacial score (nSPS) is 27.4. The third kappa shape index (κ3) is 3.19. The predicted octanol–water partition coefficient (Wildman–Crippen LogP) is 4.68. The molecule has 27 heavy (non-hydrogen) atoms. The van der Waals surface area contributed by atoms with Gasteiger partial charge in [-0.05, 0) is 54.9 Å². The molecule has 0 radical (unpaired) electrons. The van der Waals surface area contributed by atoms with Crippen LogP contribution >= 0.6 is 0 Å². The van der Waals surface area contributed by atoms with Crippen molar-refractivity contribution in [2.45, 2.75) is 45.1 Å². The Balaban J connectivity index is 1.64. The van der Waals surface area contributed by atoms with E-state index in [-0.39, 0.29) is 11.8 Å². The summed E-state index contributed by atoms with van der Waals surface area (Å²) in [6, 6.07) is 16.1. The number of likely N-dealkylation sites (tertiary alicyclic amines) is 1. The van der Waals surface area contributed by atoms with Gasteiger partial charge in [0.25, 0.3) is 5.91 Å². The highest BCUT2D eigenvalue weighted by Gasteiger charge is 2.48. The van der Waals surface area contributed by atoms with E-state index >= 15 is 0 Å². The smallest absolute Gasteiger partial charge is 0.254 e. The first-order valence-corrected chi connectivity index (χ1v) is 10.2. The quantitative estimate of drug-likeness (QED) is 0.860. The third-order valence-corrected chi connectivity index (χ3v) is 6.81. The summed E-state index contributed by atoms with van der Waals surface area (Å²) in [6.45, 7) is 5.60. The molecule has 1 saturated heterocycles. The molecule has 0 aromatic heterocycles. The van der Waals surface area contributed by atoms with Crippen LogP contribution in [0.4, 0.5) is 0 Å². The zero-order chi connectivity index (χ0) is 19.0.